The average Bonchev–Trinajstić information content (AvgIpc) is 2.35. The molecule has 1 aromatic rings. The van der Waals surface area contributed by atoms with Gasteiger partial charge in [0.1, 0.15) is 0 Å². The van der Waals surface area contributed by atoms with Crippen molar-refractivity contribution >= 4 is 11.7 Å². The lowest BCUT2D eigenvalue weighted by atomic mass is 10.2. The van der Waals surface area contributed by atoms with Gasteiger partial charge in [-0.2, -0.15) is 0 Å². The van der Waals surface area contributed by atoms with Gasteiger partial charge in [-0.25, -0.2) is 4.79 Å². The van der Waals surface area contributed by atoms with Crippen LogP contribution in [0.5, 0.6) is 0 Å². The van der Waals surface area contributed by atoms with E-state index < -0.39 is 0 Å². The quantitative estimate of drug-likeness (QED) is 0.771. The van der Waals surface area contributed by atoms with E-state index in [2.05, 4.69) is 10.1 Å². The lowest BCUT2D eigenvalue weighted by Crippen LogP contribution is -2.21. The number of hydrogen-bond acceptors (Lipinski definition) is 4. The van der Waals surface area contributed by atoms with E-state index in [1.54, 1.807) is 12.1 Å². The first-order chi connectivity index (χ1) is 8.17. The fourth-order valence-electron chi connectivity index (χ4n) is 1.47. The summed E-state index contributed by atoms with van der Waals surface area (Å²) < 4.78 is 9.98. The number of anilines is 1. The SMILES string of the molecule is CCOCC(C)Nc1cccc(C(=O)OC)c1. The van der Waals surface area contributed by atoms with Crippen molar-refractivity contribution < 1.29 is 14.3 Å². The summed E-state index contributed by atoms with van der Waals surface area (Å²) in [6, 6.07) is 7.43. The molecule has 0 aliphatic carbocycles. The Morgan fingerprint density at radius 1 is 1.47 bits per heavy atom. The van der Waals surface area contributed by atoms with E-state index in [1.165, 1.54) is 7.11 Å². The van der Waals surface area contributed by atoms with E-state index in [-0.39, 0.29) is 12.0 Å². The molecule has 1 unspecified atom stereocenters. The summed E-state index contributed by atoms with van der Waals surface area (Å²) in [6.07, 6.45) is 0. The van der Waals surface area contributed by atoms with Gasteiger partial charge < -0.3 is 14.8 Å². The lowest BCUT2D eigenvalue weighted by Gasteiger charge is -2.15. The zero-order valence-electron chi connectivity index (χ0n) is 10.5. The van der Waals surface area contributed by atoms with Crippen molar-refractivity contribution in [3.8, 4) is 0 Å². The Morgan fingerprint density at radius 3 is 2.88 bits per heavy atom. The van der Waals surface area contributed by atoms with Crippen molar-refractivity contribution in [2.45, 2.75) is 19.9 Å². The number of benzene rings is 1. The lowest BCUT2D eigenvalue weighted by molar-refractivity contribution is 0.0601. The van der Waals surface area contributed by atoms with Crippen molar-refractivity contribution in [3.05, 3.63) is 29.8 Å². The second-order valence-electron chi connectivity index (χ2n) is 3.78. The molecule has 1 N–H and O–H groups in total. The summed E-state index contributed by atoms with van der Waals surface area (Å²) in [7, 11) is 1.38. The standard InChI is InChI=1S/C13H19NO3/c1-4-17-9-10(2)14-12-7-5-6-11(8-12)13(15)16-3/h5-8,10,14H,4,9H2,1-3H3. The Balaban J connectivity index is 2.62. The minimum absolute atomic E-state index is 0.197. The maximum Gasteiger partial charge on any atom is 0.337 e. The van der Waals surface area contributed by atoms with E-state index in [9.17, 15) is 4.79 Å². The summed E-state index contributed by atoms with van der Waals surface area (Å²) in [5.74, 6) is -0.328. The van der Waals surface area contributed by atoms with Crippen LogP contribution in [0.1, 0.15) is 24.2 Å². The molecule has 4 heteroatoms. The molecule has 0 heterocycles. The molecule has 0 amide bonds. The Labute approximate surface area is 102 Å². The molecule has 4 nitrogen and oxygen atoms in total. The van der Waals surface area contributed by atoms with Crippen LogP contribution in [0.25, 0.3) is 0 Å². The summed E-state index contributed by atoms with van der Waals surface area (Å²) in [5.41, 5.74) is 1.43. The highest BCUT2D eigenvalue weighted by Crippen LogP contribution is 2.12. The number of esters is 1. The third-order valence-corrected chi connectivity index (χ3v) is 2.27. The second kappa shape index (κ2) is 6.91. The van der Waals surface area contributed by atoms with Crippen LogP contribution >= 0.6 is 0 Å². The van der Waals surface area contributed by atoms with Crippen LogP contribution in [0, 0.1) is 0 Å². The van der Waals surface area contributed by atoms with Crippen molar-refractivity contribution in [3.63, 3.8) is 0 Å². The van der Waals surface area contributed by atoms with Gasteiger partial charge in [0.25, 0.3) is 0 Å². The van der Waals surface area contributed by atoms with Gasteiger partial charge in [-0.05, 0) is 32.0 Å². The van der Waals surface area contributed by atoms with E-state index in [0.29, 0.717) is 18.8 Å². The molecule has 0 radical (unpaired) electrons. The Kier molecular flexibility index (Phi) is 5.49. The fraction of sp³-hybridized carbons (Fsp3) is 0.462. The van der Waals surface area contributed by atoms with Crippen molar-refractivity contribution in [1.82, 2.24) is 0 Å². The Hall–Kier alpha value is -1.55. The fourth-order valence-corrected chi connectivity index (χ4v) is 1.47. The third-order valence-electron chi connectivity index (χ3n) is 2.27. The molecule has 0 aliphatic rings. The smallest absolute Gasteiger partial charge is 0.337 e. The van der Waals surface area contributed by atoms with Gasteiger partial charge in [-0.15, -0.1) is 0 Å². The zero-order chi connectivity index (χ0) is 12.7. The molecule has 1 aromatic carbocycles. The maximum absolute atomic E-state index is 11.3. The molecule has 0 fully saturated rings. The Morgan fingerprint density at radius 2 is 2.24 bits per heavy atom. The molecule has 1 rings (SSSR count). The minimum Gasteiger partial charge on any atom is -0.465 e. The van der Waals surface area contributed by atoms with Crippen LogP contribution in [0.3, 0.4) is 0 Å². The third kappa shape index (κ3) is 4.44. The Bertz CT molecular complexity index is 365. The molecule has 0 saturated carbocycles. The molecule has 0 spiro atoms. The van der Waals surface area contributed by atoms with Crippen LogP contribution in [-0.4, -0.2) is 32.3 Å². The molecular formula is C13H19NO3. The van der Waals surface area contributed by atoms with Gasteiger partial charge in [0.15, 0.2) is 0 Å². The molecular weight excluding hydrogens is 218 g/mol. The van der Waals surface area contributed by atoms with Gasteiger partial charge in [0.2, 0.25) is 0 Å². The number of hydrogen-bond donors (Lipinski definition) is 1. The first kappa shape index (κ1) is 13.5. The molecule has 17 heavy (non-hydrogen) atoms. The predicted octanol–water partition coefficient (Wildman–Crippen LogP) is 2.31. The largest absolute Gasteiger partial charge is 0.465 e. The number of carbonyl (C=O) groups excluding carboxylic acids is 1. The maximum atomic E-state index is 11.3. The molecule has 0 aliphatic heterocycles. The van der Waals surface area contributed by atoms with Crippen LogP contribution < -0.4 is 5.32 Å². The first-order valence-electron chi connectivity index (χ1n) is 5.70. The summed E-state index contributed by atoms with van der Waals surface area (Å²) in [4.78, 5) is 11.3. The van der Waals surface area contributed by atoms with Gasteiger partial charge >= 0.3 is 5.97 Å². The van der Waals surface area contributed by atoms with Crippen molar-refractivity contribution in [1.29, 1.82) is 0 Å². The number of rotatable bonds is 6. The second-order valence-corrected chi connectivity index (χ2v) is 3.78. The van der Waals surface area contributed by atoms with Crippen LogP contribution in [0.2, 0.25) is 0 Å². The number of carbonyl (C=O) groups is 1. The molecule has 1 atom stereocenters. The van der Waals surface area contributed by atoms with Crippen molar-refractivity contribution in [2.75, 3.05) is 25.6 Å². The van der Waals surface area contributed by atoms with Crippen LogP contribution in [0.15, 0.2) is 24.3 Å². The first-order valence-corrected chi connectivity index (χ1v) is 5.70. The van der Waals surface area contributed by atoms with Gasteiger partial charge in [0.05, 0.1) is 19.3 Å². The minimum atomic E-state index is -0.328. The van der Waals surface area contributed by atoms with E-state index in [4.69, 9.17) is 4.74 Å². The van der Waals surface area contributed by atoms with Crippen LogP contribution in [-0.2, 0) is 9.47 Å². The van der Waals surface area contributed by atoms with E-state index in [0.717, 1.165) is 5.69 Å². The van der Waals surface area contributed by atoms with E-state index in [1.807, 2.05) is 26.0 Å². The molecule has 0 aromatic heterocycles. The van der Waals surface area contributed by atoms with Crippen LogP contribution in [0.4, 0.5) is 5.69 Å². The monoisotopic (exact) mass is 237 g/mol. The van der Waals surface area contributed by atoms with Gasteiger partial charge in [-0.3, -0.25) is 0 Å². The number of methoxy groups -OCH3 is 1. The zero-order valence-corrected chi connectivity index (χ0v) is 10.5. The highest BCUT2D eigenvalue weighted by molar-refractivity contribution is 5.90. The molecule has 0 saturated heterocycles. The number of ether oxygens (including phenoxy) is 2. The topological polar surface area (TPSA) is 47.6 Å². The average molecular weight is 237 g/mol. The van der Waals surface area contributed by atoms with E-state index >= 15 is 0 Å². The highest BCUT2D eigenvalue weighted by atomic mass is 16.5. The molecule has 94 valence electrons. The van der Waals surface area contributed by atoms with Crippen molar-refractivity contribution in [2.24, 2.45) is 0 Å². The van der Waals surface area contributed by atoms with Gasteiger partial charge in [-0.1, -0.05) is 6.07 Å². The summed E-state index contributed by atoms with van der Waals surface area (Å²) in [6.45, 7) is 5.33. The summed E-state index contributed by atoms with van der Waals surface area (Å²) >= 11 is 0. The predicted molar refractivity (Wildman–Crippen MR) is 67.4 cm³/mol. The highest BCUT2D eigenvalue weighted by Gasteiger charge is 2.07. The summed E-state index contributed by atoms with van der Waals surface area (Å²) in [5, 5.41) is 3.26. The molecule has 0 bridgehead atoms. The number of nitrogens with one attached hydrogen (secondary N) is 1. The normalized spacial score (nSPS) is 11.9. The van der Waals surface area contributed by atoms with Gasteiger partial charge in [0, 0.05) is 18.3 Å².